The molecule has 0 aliphatic carbocycles. The summed E-state index contributed by atoms with van der Waals surface area (Å²) in [5.74, 6) is -0.819. The van der Waals surface area contributed by atoms with E-state index in [2.05, 4.69) is 0 Å². The molecule has 1 aliphatic heterocycles. The largest absolute Gasteiger partial charge is 0.478 e. The number of hydrogen-bond acceptors (Lipinski definition) is 2. The van der Waals surface area contributed by atoms with Crippen LogP contribution in [0.5, 0.6) is 0 Å². The van der Waals surface area contributed by atoms with Crippen LogP contribution in [-0.2, 0) is 9.53 Å². The summed E-state index contributed by atoms with van der Waals surface area (Å²) in [5.41, 5.74) is 1.36. The Kier molecular flexibility index (Phi) is 2.29. The zero-order valence-electron chi connectivity index (χ0n) is 6.76. The fraction of sp³-hybridized carbons (Fsp3) is 0.625. The predicted octanol–water partition coefficient (Wildman–Crippen LogP) is 1.20. The third kappa shape index (κ3) is 2.35. The Morgan fingerprint density at radius 1 is 1.64 bits per heavy atom. The molecular formula is C8H12O3. The second kappa shape index (κ2) is 3.05. The zero-order valence-corrected chi connectivity index (χ0v) is 6.76. The Balaban J connectivity index is 2.59. The highest BCUT2D eigenvalue weighted by Crippen LogP contribution is 2.21. The third-order valence-electron chi connectivity index (χ3n) is 1.70. The van der Waals surface area contributed by atoms with Crippen LogP contribution in [0.2, 0.25) is 0 Å². The molecule has 1 aliphatic rings. The molecule has 1 unspecified atom stereocenters. The number of hydrogen-bond donors (Lipinski definition) is 1. The highest BCUT2D eigenvalue weighted by Gasteiger charge is 2.26. The van der Waals surface area contributed by atoms with Gasteiger partial charge in [0.05, 0.1) is 12.7 Å². The molecule has 0 radical (unpaired) electrons. The third-order valence-corrected chi connectivity index (χ3v) is 1.70. The highest BCUT2D eigenvalue weighted by molar-refractivity contribution is 5.87. The predicted molar refractivity (Wildman–Crippen MR) is 40.4 cm³/mol. The molecule has 1 N–H and O–H groups in total. The van der Waals surface area contributed by atoms with Crippen molar-refractivity contribution in [2.24, 2.45) is 0 Å². The minimum Gasteiger partial charge on any atom is -0.478 e. The van der Waals surface area contributed by atoms with Gasteiger partial charge in [0.2, 0.25) is 0 Å². The van der Waals surface area contributed by atoms with E-state index in [4.69, 9.17) is 9.84 Å². The first-order valence-corrected chi connectivity index (χ1v) is 3.62. The number of ether oxygens (including phenoxy) is 1. The van der Waals surface area contributed by atoms with Gasteiger partial charge in [-0.3, -0.25) is 0 Å². The van der Waals surface area contributed by atoms with E-state index in [0.29, 0.717) is 18.6 Å². The molecule has 1 heterocycles. The molecule has 0 saturated carbocycles. The number of epoxide rings is 1. The average molecular weight is 156 g/mol. The van der Waals surface area contributed by atoms with Gasteiger partial charge in [-0.15, -0.1) is 0 Å². The van der Waals surface area contributed by atoms with Gasteiger partial charge in [0.25, 0.3) is 0 Å². The van der Waals surface area contributed by atoms with Crippen LogP contribution in [0.1, 0.15) is 20.3 Å². The summed E-state index contributed by atoms with van der Waals surface area (Å²) in [6.07, 6.45) is 0.716. The smallest absolute Gasteiger partial charge is 0.331 e. The van der Waals surface area contributed by atoms with Crippen LogP contribution in [0.25, 0.3) is 0 Å². The van der Waals surface area contributed by atoms with E-state index in [-0.39, 0.29) is 6.10 Å². The summed E-state index contributed by atoms with van der Waals surface area (Å²) < 4.78 is 4.94. The molecule has 1 saturated heterocycles. The lowest BCUT2D eigenvalue weighted by molar-refractivity contribution is -0.132. The van der Waals surface area contributed by atoms with Gasteiger partial charge in [0, 0.05) is 12.0 Å². The van der Waals surface area contributed by atoms with Crippen molar-refractivity contribution in [3.63, 3.8) is 0 Å². The second-order valence-electron chi connectivity index (χ2n) is 2.94. The summed E-state index contributed by atoms with van der Waals surface area (Å²) in [6.45, 7) is 4.34. The SMILES string of the molecule is CC(C)=C(CC1CO1)C(=O)O. The quantitative estimate of drug-likeness (QED) is 0.493. The molecule has 1 rings (SSSR count). The van der Waals surface area contributed by atoms with Crippen molar-refractivity contribution in [3.8, 4) is 0 Å². The van der Waals surface area contributed by atoms with Crippen molar-refractivity contribution in [2.75, 3.05) is 6.61 Å². The first-order chi connectivity index (χ1) is 5.11. The number of allylic oxidation sites excluding steroid dienone is 1. The fourth-order valence-corrected chi connectivity index (χ4v) is 0.919. The normalized spacial score (nSPS) is 21.1. The van der Waals surface area contributed by atoms with E-state index >= 15 is 0 Å². The topological polar surface area (TPSA) is 49.8 Å². The maximum absolute atomic E-state index is 10.6. The van der Waals surface area contributed by atoms with Gasteiger partial charge in [0.15, 0.2) is 0 Å². The Morgan fingerprint density at radius 2 is 2.18 bits per heavy atom. The van der Waals surface area contributed by atoms with Crippen molar-refractivity contribution in [1.29, 1.82) is 0 Å². The number of carboxylic acids is 1. The molecule has 0 bridgehead atoms. The molecule has 62 valence electrons. The summed E-state index contributed by atoms with van der Waals surface area (Å²) in [6, 6.07) is 0. The van der Waals surface area contributed by atoms with Crippen molar-refractivity contribution in [3.05, 3.63) is 11.1 Å². The van der Waals surface area contributed by atoms with Gasteiger partial charge < -0.3 is 9.84 Å². The Morgan fingerprint density at radius 3 is 2.45 bits per heavy atom. The molecule has 0 aromatic carbocycles. The number of rotatable bonds is 3. The zero-order chi connectivity index (χ0) is 8.43. The fourth-order valence-electron chi connectivity index (χ4n) is 0.919. The van der Waals surface area contributed by atoms with Crippen molar-refractivity contribution in [1.82, 2.24) is 0 Å². The minimum absolute atomic E-state index is 0.163. The Bertz CT molecular complexity index is 197. The van der Waals surface area contributed by atoms with Crippen LogP contribution in [0.3, 0.4) is 0 Å². The lowest BCUT2D eigenvalue weighted by Gasteiger charge is -2.00. The van der Waals surface area contributed by atoms with Crippen LogP contribution >= 0.6 is 0 Å². The highest BCUT2D eigenvalue weighted by atomic mass is 16.6. The average Bonchev–Trinajstić information content (AvgIpc) is 2.63. The van der Waals surface area contributed by atoms with Gasteiger partial charge in [-0.05, 0) is 13.8 Å². The monoisotopic (exact) mass is 156 g/mol. The van der Waals surface area contributed by atoms with Crippen LogP contribution in [-0.4, -0.2) is 23.8 Å². The van der Waals surface area contributed by atoms with Crippen LogP contribution < -0.4 is 0 Å². The van der Waals surface area contributed by atoms with E-state index in [1.54, 1.807) is 0 Å². The number of carboxylic acid groups (broad SMARTS) is 1. The minimum atomic E-state index is -0.819. The van der Waals surface area contributed by atoms with E-state index < -0.39 is 5.97 Å². The Labute approximate surface area is 65.7 Å². The molecule has 0 amide bonds. The first-order valence-electron chi connectivity index (χ1n) is 3.62. The van der Waals surface area contributed by atoms with Crippen LogP contribution in [0, 0.1) is 0 Å². The summed E-state index contributed by atoms with van der Waals surface area (Å²) in [7, 11) is 0. The number of carbonyl (C=O) groups is 1. The maximum atomic E-state index is 10.6. The first kappa shape index (κ1) is 8.27. The molecule has 0 aromatic rings. The van der Waals surface area contributed by atoms with Gasteiger partial charge >= 0.3 is 5.97 Å². The molecule has 1 fully saturated rings. The van der Waals surface area contributed by atoms with Crippen LogP contribution in [0.15, 0.2) is 11.1 Å². The second-order valence-corrected chi connectivity index (χ2v) is 2.94. The molecule has 1 atom stereocenters. The maximum Gasteiger partial charge on any atom is 0.331 e. The van der Waals surface area contributed by atoms with Crippen LogP contribution in [0.4, 0.5) is 0 Å². The van der Waals surface area contributed by atoms with Gasteiger partial charge in [0.1, 0.15) is 0 Å². The lowest BCUT2D eigenvalue weighted by Crippen LogP contribution is -2.05. The molecular weight excluding hydrogens is 144 g/mol. The summed E-state index contributed by atoms with van der Waals surface area (Å²) >= 11 is 0. The molecule has 3 heteroatoms. The molecule has 11 heavy (non-hydrogen) atoms. The van der Waals surface area contributed by atoms with Gasteiger partial charge in [-0.25, -0.2) is 4.79 Å². The standard InChI is InChI=1S/C8H12O3/c1-5(2)7(8(9)10)3-6-4-11-6/h6H,3-4H2,1-2H3,(H,9,10). The van der Waals surface area contributed by atoms with E-state index in [1.807, 2.05) is 13.8 Å². The van der Waals surface area contributed by atoms with E-state index in [0.717, 1.165) is 5.57 Å². The summed E-state index contributed by atoms with van der Waals surface area (Å²) in [4.78, 5) is 10.6. The van der Waals surface area contributed by atoms with Gasteiger partial charge in [-0.1, -0.05) is 5.57 Å². The lowest BCUT2D eigenvalue weighted by atomic mass is 10.1. The number of aliphatic carboxylic acids is 1. The van der Waals surface area contributed by atoms with Crippen molar-refractivity contribution in [2.45, 2.75) is 26.4 Å². The van der Waals surface area contributed by atoms with Gasteiger partial charge in [-0.2, -0.15) is 0 Å². The molecule has 0 aromatic heterocycles. The molecule has 3 nitrogen and oxygen atoms in total. The molecule has 0 spiro atoms. The van der Waals surface area contributed by atoms with E-state index in [1.165, 1.54) is 0 Å². The Hall–Kier alpha value is -0.830. The van der Waals surface area contributed by atoms with Crippen molar-refractivity contribution >= 4 is 5.97 Å². The van der Waals surface area contributed by atoms with Crippen molar-refractivity contribution < 1.29 is 14.6 Å². The summed E-state index contributed by atoms with van der Waals surface area (Å²) in [5, 5.41) is 8.71. The van der Waals surface area contributed by atoms with E-state index in [9.17, 15) is 4.79 Å².